The molecule has 0 saturated carbocycles. The topological polar surface area (TPSA) is 33.5 Å². The fourth-order valence-corrected chi connectivity index (χ4v) is 10.9. The van der Waals surface area contributed by atoms with Crippen LogP contribution in [0.15, 0.2) is 188 Å². The molecule has 78 heavy (non-hydrogen) atoms. The molecule has 11 rings (SSSR count). The number of aromatic nitrogens is 2. The molecule has 0 radical (unpaired) electrons. The van der Waals surface area contributed by atoms with Crippen molar-refractivity contribution in [2.24, 2.45) is 0 Å². The van der Waals surface area contributed by atoms with E-state index in [0.29, 0.717) is 11.5 Å². The summed E-state index contributed by atoms with van der Waals surface area (Å²) < 4.78 is 9.35. The average molecular weight is 1200 g/mol. The number of hydrogen-bond acceptors (Lipinski definition) is 4. The molecule has 0 bridgehead atoms. The Kier molecular flexibility index (Phi) is 14.0. The van der Waals surface area contributed by atoms with Gasteiger partial charge in [-0.05, 0) is 109 Å². The van der Waals surface area contributed by atoms with Gasteiger partial charge in [-0.15, -0.1) is 53.6 Å². The van der Waals surface area contributed by atoms with E-state index in [0.717, 1.165) is 55.9 Å². The van der Waals surface area contributed by atoms with E-state index in [-0.39, 0.29) is 48.1 Å². The standard InChI is InChI=1S/C72H71N4O.Pt/c1-68(2,3)52-35-36-73-67(44-52)76-64-42-53(71(10,11)50-25-19-15-20-26-50)29-32-61(64)62-33-31-59(46-65(62)76)77-60-41-56(70(7,8)9)40-58(45-60)75-47-74(57-38-49(48-23-17-14-18-24-48)37-55(39-57)69(4,5)6)63-34-30-54(43-66(63)75)72(12,13)51-27-21-16-22-28-51;/h14-44,47H,1-13H3;/q-3;. The second-order valence-corrected chi connectivity index (χ2v) is 25.2. The first-order valence-electron chi connectivity index (χ1n) is 27.2. The summed E-state index contributed by atoms with van der Waals surface area (Å²) in [6.45, 7) is 31.9. The summed E-state index contributed by atoms with van der Waals surface area (Å²) in [6.07, 6.45) is 1.93. The first kappa shape index (κ1) is 54.2. The summed E-state index contributed by atoms with van der Waals surface area (Å²) >= 11 is 0. The van der Waals surface area contributed by atoms with Crippen molar-refractivity contribution < 1.29 is 25.8 Å². The zero-order valence-corrected chi connectivity index (χ0v) is 49.8. The Morgan fingerprint density at radius 2 is 1.00 bits per heavy atom. The third-order valence-corrected chi connectivity index (χ3v) is 16.0. The van der Waals surface area contributed by atoms with Gasteiger partial charge in [0.05, 0.1) is 0 Å². The van der Waals surface area contributed by atoms with Gasteiger partial charge in [-0.2, -0.15) is 6.07 Å². The van der Waals surface area contributed by atoms with Crippen molar-refractivity contribution in [3.05, 3.63) is 246 Å². The minimum Gasteiger partial charge on any atom is -0.509 e. The van der Waals surface area contributed by atoms with Gasteiger partial charge in [-0.3, -0.25) is 0 Å². The molecule has 6 heteroatoms. The second kappa shape index (κ2) is 20.2. The number of anilines is 4. The van der Waals surface area contributed by atoms with Crippen molar-refractivity contribution >= 4 is 44.6 Å². The van der Waals surface area contributed by atoms with Gasteiger partial charge in [0.2, 0.25) is 0 Å². The van der Waals surface area contributed by atoms with Gasteiger partial charge in [0.15, 0.2) is 0 Å². The van der Waals surface area contributed by atoms with Gasteiger partial charge >= 0.3 is 0 Å². The zero-order chi connectivity index (χ0) is 54.2. The van der Waals surface area contributed by atoms with E-state index in [1.54, 1.807) is 0 Å². The van der Waals surface area contributed by atoms with E-state index in [1.807, 2.05) is 12.3 Å². The van der Waals surface area contributed by atoms with Crippen molar-refractivity contribution in [2.45, 2.75) is 117 Å². The van der Waals surface area contributed by atoms with Crippen LogP contribution in [0.1, 0.15) is 129 Å². The van der Waals surface area contributed by atoms with E-state index in [4.69, 9.17) is 9.72 Å². The molecule has 1 aliphatic rings. The Balaban J connectivity index is 0.00000688. The molecule has 1 aliphatic heterocycles. The Morgan fingerprint density at radius 3 is 1.63 bits per heavy atom. The quantitative estimate of drug-likeness (QED) is 0.128. The van der Waals surface area contributed by atoms with Gasteiger partial charge in [0.1, 0.15) is 5.82 Å². The van der Waals surface area contributed by atoms with Crippen LogP contribution in [-0.4, -0.2) is 9.55 Å². The molecule has 3 heterocycles. The third-order valence-electron chi connectivity index (χ3n) is 16.0. The molecular formula is C72H71N4OPt-3. The van der Waals surface area contributed by atoms with Crippen LogP contribution in [0.5, 0.6) is 11.5 Å². The summed E-state index contributed by atoms with van der Waals surface area (Å²) in [7, 11) is 0. The summed E-state index contributed by atoms with van der Waals surface area (Å²) in [5.41, 5.74) is 16.1. The summed E-state index contributed by atoms with van der Waals surface area (Å²) in [6, 6.07) is 73.8. The molecular weight excluding hydrogens is 1130 g/mol. The first-order chi connectivity index (χ1) is 36.5. The summed E-state index contributed by atoms with van der Waals surface area (Å²) in [4.78, 5) is 9.72. The summed E-state index contributed by atoms with van der Waals surface area (Å²) in [5.74, 6) is 2.05. The monoisotopic (exact) mass is 1200 g/mol. The van der Waals surface area contributed by atoms with Gasteiger partial charge in [0.25, 0.3) is 0 Å². The van der Waals surface area contributed by atoms with Gasteiger partial charge < -0.3 is 19.1 Å². The predicted octanol–water partition coefficient (Wildman–Crippen LogP) is 19.2. The molecule has 8 aromatic carbocycles. The maximum atomic E-state index is 7.08. The number of nitrogens with zero attached hydrogens (tertiary/aromatic N) is 4. The van der Waals surface area contributed by atoms with E-state index in [2.05, 4.69) is 299 Å². The minimum absolute atomic E-state index is 0. The Bertz CT molecular complexity index is 3820. The van der Waals surface area contributed by atoms with Crippen LogP contribution >= 0.6 is 0 Å². The van der Waals surface area contributed by atoms with E-state index in [9.17, 15) is 0 Å². The Morgan fingerprint density at radius 1 is 0.423 bits per heavy atom. The molecule has 0 aliphatic carbocycles. The van der Waals surface area contributed by atoms with E-state index in [1.165, 1.54) is 44.5 Å². The number of benzene rings is 8. The van der Waals surface area contributed by atoms with Crippen molar-refractivity contribution in [1.29, 1.82) is 0 Å². The van der Waals surface area contributed by atoms with Gasteiger partial charge in [0, 0.05) is 72.2 Å². The van der Waals surface area contributed by atoms with E-state index >= 15 is 0 Å². The van der Waals surface area contributed by atoms with Crippen LogP contribution in [0, 0.1) is 18.8 Å². The molecule has 0 amide bonds. The molecule has 0 fully saturated rings. The smallest absolute Gasteiger partial charge is 0.135 e. The van der Waals surface area contributed by atoms with Crippen LogP contribution in [-0.2, 0) is 48.1 Å². The Hall–Kier alpha value is -7.20. The van der Waals surface area contributed by atoms with Gasteiger partial charge in [-0.1, -0.05) is 211 Å². The van der Waals surface area contributed by atoms with Crippen LogP contribution < -0.4 is 14.5 Å². The largest absolute Gasteiger partial charge is 0.509 e. The minimum atomic E-state index is -0.270. The molecule has 2 aromatic heterocycles. The number of fused-ring (bicyclic) bond motifs is 4. The number of ether oxygens (including phenoxy) is 1. The molecule has 398 valence electrons. The van der Waals surface area contributed by atoms with Crippen LogP contribution in [0.25, 0.3) is 38.8 Å². The molecule has 0 saturated heterocycles. The number of pyridine rings is 1. The van der Waals surface area contributed by atoms with Crippen molar-refractivity contribution in [3.8, 4) is 28.4 Å². The third kappa shape index (κ3) is 10.2. The number of hydrogen-bond donors (Lipinski definition) is 0. The second-order valence-electron chi connectivity index (χ2n) is 25.2. The molecule has 0 spiro atoms. The maximum Gasteiger partial charge on any atom is 0.135 e. The van der Waals surface area contributed by atoms with Crippen molar-refractivity contribution in [2.75, 3.05) is 9.80 Å². The van der Waals surface area contributed by atoms with Crippen molar-refractivity contribution in [3.63, 3.8) is 0 Å². The predicted molar refractivity (Wildman–Crippen MR) is 323 cm³/mol. The average Bonchev–Trinajstić information content (AvgIpc) is 3.96. The maximum absolute atomic E-state index is 7.08. The molecule has 10 aromatic rings. The zero-order valence-electron chi connectivity index (χ0n) is 47.5. The van der Waals surface area contributed by atoms with Crippen LogP contribution in [0.4, 0.5) is 22.7 Å². The first-order valence-corrected chi connectivity index (χ1v) is 27.2. The fraction of sp³-hybridized carbons (Fsp3) is 0.250. The van der Waals surface area contributed by atoms with Crippen LogP contribution in [0.3, 0.4) is 0 Å². The number of rotatable bonds is 10. The van der Waals surface area contributed by atoms with E-state index < -0.39 is 0 Å². The molecule has 5 nitrogen and oxygen atoms in total. The normalized spacial score (nSPS) is 13.2. The SMILES string of the molecule is CC(C)(C)c1cc(Oc2[c-]c3c(cc2)c2ccc(C(C)(C)c4ccccc4)cc2n3-c2cc(C(C)(C)C)ccn2)[c-]c(N2[CH-]N(c3cc(-c4ccccc4)cc(C(C)(C)C)c3)c3ccc(C(C)(C)c4ccccc4)cc32)c1.[Pt]. The molecule has 0 unspecified atom stereocenters. The van der Waals surface area contributed by atoms with Gasteiger partial charge in [-0.25, -0.2) is 4.98 Å². The Labute approximate surface area is 478 Å². The fourth-order valence-electron chi connectivity index (χ4n) is 10.9. The molecule has 0 N–H and O–H groups in total. The summed E-state index contributed by atoms with van der Waals surface area (Å²) in [5, 5.41) is 2.21. The molecule has 0 atom stereocenters. The van der Waals surface area contributed by atoms with Crippen LogP contribution in [0.2, 0.25) is 0 Å². The van der Waals surface area contributed by atoms with Crippen molar-refractivity contribution in [1.82, 2.24) is 9.55 Å².